The molecule has 0 radical (unpaired) electrons. The summed E-state index contributed by atoms with van der Waals surface area (Å²) in [6.07, 6.45) is 5.02. The van der Waals surface area contributed by atoms with Crippen LogP contribution in [0.5, 0.6) is 0 Å². The smallest absolute Gasteiger partial charge is 0.409 e. The van der Waals surface area contributed by atoms with Gasteiger partial charge >= 0.3 is 16.2 Å². The summed E-state index contributed by atoms with van der Waals surface area (Å²) in [6, 6.07) is 0. The van der Waals surface area contributed by atoms with Crippen molar-refractivity contribution in [3.05, 3.63) is 24.0 Å². The number of nitrogens with one attached hydrogen (secondary N) is 1. The van der Waals surface area contributed by atoms with E-state index >= 15 is 0 Å². The molecule has 1 atom stereocenters. The Kier molecular flexibility index (Phi) is 4.96. The molecule has 0 saturated heterocycles. The number of hydrogen-bond acceptors (Lipinski definition) is 6. The van der Waals surface area contributed by atoms with Crippen LogP contribution in [-0.4, -0.2) is 40.2 Å². The topological polar surface area (TPSA) is 90.9 Å². The summed E-state index contributed by atoms with van der Waals surface area (Å²) >= 11 is 0. The monoisotopic (exact) mass is 291 g/mol. The Morgan fingerprint density at radius 3 is 2.63 bits per heavy atom. The van der Waals surface area contributed by atoms with Crippen molar-refractivity contribution in [2.75, 3.05) is 20.0 Å². The minimum atomic E-state index is -3.57. The fourth-order valence-corrected chi connectivity index (χ4v) is 2.03. The quantitative estimate of drug-likeness (QED) is 0.597. The van der Waals surface area contributed by atoms with E-state index in [1.54, 1.807) is 6.92 Å². The molecular formula is C11H17NO6S. The molecule has 19 heavy (non-hydrogen) atoms. The lowest BCUT2D eigenvalue weighted by Gasteiger charge is -2.31. The van der Waals surface area contributed by atoms with Gasteiger partial charge in [-0.25, -0.2) is 4.79 Å². The summed E-state index contributed by atoms with van der Waals surface area (Å²) in [5, 5.41) is 2.55. The fourth-order valence-electron chi connectivity index (χ4n) is 1.56. The van der Waals surface area contributed by atoms with Crippen molar-refractivity contribution in [3.8, 4) is 0 Å². The first kappa shape index (κ1) is 15.5. The van der Waals surface area contributed by atoms with Gasteiger partial charge in [-0.1, -0.05) is 0 Å². The largest absolute Gasteiger partial charge is 0.453 e. The van der Waals surface area contributed by atoms with Gasteiger partial charge in [0.1, 0.15) is 5.76 Å². The highest BCUT2D eigenvalue weighted by Gasteiger charge is 2.32. The van der Waals surface area contributed by atoms with Crippen molar-refractivity contribution in [2.24, 2.45) is 0 Å². The van der Waals surface area contributed by atoms with Crippen LogP contribution in [0, 0.1) is 0 Å². The lowest BCUT2D eigenvalue weighted by molar-refractivity contribution is -0.0236. The van der Waals surface area contributed by atoms with Gasteiger partial charge in [-0.2, -0.15) is 8.42 Å². The summed E-state index contributed by atoms with van der Waals surface area (Å²) in [7, 11) is -2.33. The third kappa shape index (κ3) is 4.92. The summed E-state index contributed by atoms with van der Waals surface area (Å²) in [4.78, 5) is 11.3. The molecule has 0 spiro atoms. The van der Waals surface area contributed by atoms with Gasteiger partial charge in [0.2, 0.25) is 0 Å². The van der Waals surface area contributed by atoms with Gasteiger partial charge in [-0.3, -0.25) is 5.32 Å². The van der Waals surface area contributed by atoms with Crippen molar-refractivity contribution in [1.29, 1.82) is 0 Å². The van der Waals surface area contributed by atoms with Crippen LogP contribution in [0.3, 0.4) is 0 Å². The van der Waals surface area contributed by atoms with E-state index in [2.05, 4.69) is 10.1 Å². The number of ether oxygens (including phenoxy) is 2. The average Bonchev–Trinajstić information content (AvgIpc) is 2.31. The zero-order valence-corrected chi connectivity index (χ0v) is 11.8. The molecule has 0 aliphatic heterocycles. The zero-order valence-electron chi connectivity index (χ0n) is 11.0. The van der Waals surface area contributed by atoms with Gasteiger partial charge in [-0.15, -0.1) is 0 Å². The lowest BCUT2D eigenvalue weighted by atomic mass is 10.0. The number of methoxy groups -OCH3 is 1. The minimum absolute atomic E-state index is 0.185. The van der Waals surface area contributed by atoms with E-state index in [9.17, 15) is 13.2 Å². The molecule has 7 nitrogen and oxygen atoms in total. The van der Waals surface area contributed by atoms with E-state index in [1.807, 2.05) is 0 Å². The number of allylic oxidation sites excluding steroid dienone is 1. The molecule has 1 aliphatic rings. The number of rotatable bonds is 5. The predicted octanol–water partition coefficient (Wildman–Crippen LogP) is 0.895. The highest BCUT2D eigenvalue weighted by atomic mass is 32.2. The summed E-state index contributed by atoms with van der Waals surface area (Å²) < 4.78 is 36.7. The Labute approximate surface area is 112 Å². The third-order valence-electron chi connectivity index (χ3n) is 2.27. The van der Waals surface area contributed by atoms with Crippen molar-refractivity contribution in [3.63, 3.8) is 0 Å². The molecule has 1 rings (SSSR count). The molecule has 1 N–H and O–H groups in total. The highest BCUT2D eigenvalue weighted by molar-refractivity contribution is 7.86. The molecule has 0 aromatic rings. The van der Waals surface area contributed by atoms with Crippen LogP contribution in [-0.2, 0) is 23.8 Å². The molecule has 1 aliphatic carbocycles. The third-order valence-corrected chi connectivity index (χ3v) is 2.77. The highest BCUT2D eigenvalue weighted by Crippen LogP contribution is 2.24. The maximum atomic E-state index is 11.3. The van der Waals surface area contributed by atoms with E-state index < -0.39 is 21.9 Å². The first-order chi connectivity index (χ1) is 8.80. The molecule has 1 unspecified atom stereocenters. The Morgan fingerprint density at radius 1 is 1.53 bits per heavy atom. The lowest BCUT2D eigenvalue weighted by Crippen LogP contribution is -2.49. The molecule has 0 saturated carbocycles. The average molecular weight is 291 g/mol. The van der Waals surface area contributed by atoms with Gasteiger partial charge in [0, 0.05) is 13.0 Å². The van der Waals surface area contributed by atoms with Gasteiger partial charge in [0.25, 0.3) is 0 Å². The number of carbonyl (C=O) groups excluding carboxylic acids is 1. The number of amides is 1. The zero-order chi connectivity index (χ0) is 14.5. The maximum Gasteiger partial charge on any atom is 0.409 e. The molecule has 0 fully saturated rings. The summed E-state index contributed by atoms with van der Waals surface area (Å²) in [6.45, 7) is 2.14. The second kappa shape index (κ2) is 6.07. The van der Waals surface area contributed by atoms with Crippen LogP contribution < -0.4 is 5.32 Å². The number of hydrogen-bond donors (Lipinski definition) is 1. The van der Waals surface area contributed by atoms with E-state index in [4.69, 9.17) is 8.92 Å². The first-order valence-corrected chi connectivity index (χ1v) is 7.41. The molecule has 0 aromatic carbocycles. The molecule has 0 heterocycles. The first-order valence-electron chi connectivity index (χ1n) is 5.59. The van der Waals surface area contributed by atoms with Crippen molar-refractivity contribution >= 4 is 16.2 Å². The summed E-state index contributed by atoms with van der Waals surface area (Å²) in [5.41, 5.74) is -1.05. The molecular weight excluding hydrogens is 274 g/mol. The number of alkyl carbamates (subject to hydrolysis) is 1. The van der Waals surface area contributed by atoms with Crippen molar-refractivity contribution in [2.45, 2.75) is 19.1 Å². The Morgan fingerprint density at radius 2 is 2.21 bits per heavy atom. The normalized spacial score (nSPS) is 22.6. The van der Waals surface area contributed by atoms with Crippen LogP contribution in [0.1, 0.15) is 13.3 Å². The second-order valence-corrected chi connectivity index (χ2v) is 5.45. The standard InChI is InChI=1S/C11H17NO6S/c1-4-17-11(12-10(13)16-2)7-5-9(6-8-11)18-19(3,14)15/h5-7H,4,8H2,1-3H3,(H,12,13). The van der Waals surface area contributed by atoms with Gasteiger partial charge in [0.05, 0.1) is 13.4 Å². The molecule has 108 valence electrons. The fraction of sp³-hybridized carbons (Fsp3) is 0.545. The molecule has 0 aromatic heterocycles. The van der Waals surface area contributed by atoms with E-state index in [1.165, 1.54) is 25.3 Å². The van der Waals surface area contributed by atoms with Crippen LogP contribution in [0.2, 0.25) is 0 Å². The SMILES string of the molecule is CCOC1(NC(=O)OC)C=CC(OS(C)(=O)=O)=CC1. The van der Waals surface area contributed by atoms with Crippen LogP contribution in [0.25, 0.3) is 0 Å². The van der Waals surface area contributed by atoms with Gasteiger partial charge in [0.15, 0.2) is 5.72 Å². The van der Waals surface area contributed by atoms with E-state index in [0.717, 1.165) is 6.26 Å². The van der Waals surface area contributed by atoms with Crippen LogP contribution in [0.4, 0.5) is 4.79 Å². The minimum Gasteiger partial charge on any atom is -0.453 e. The molecule has 8 heteroatoms. The van der Waals surface area contributed by atoms with Crippen LogP contribution >= 0.6 is 0 Å². The summed E-state index contributed by atoms with van der Waals surface area (Å²) in [5.74, 6) is 0.185. The predicted molar refractivity (Wildman–Crippen MR) is 67.7 cm³/mol. The molecule has 1 amide bonds. The Balaban J connectivity index is 2.80. The van der Waals surface area contributed by atoms with Crippen molar-refractivity contribution in [1.82, 2.24) is 5.32 Å². The van der Waals surface area contributed by atoms with Crippen molar-refractivity contribution < 1.29 is 26.9 Å². The molecule has 0 bridgehead atoms. The Hall–Kier alpha value is -1.54. The Bertz CT molecular complexity index is 495. The van der Waals surface area contributed by atoms with E-state index in [-0.39, 0.29) is 12.2 Å². The van der Waals surface area contributed by atoms with Gasteiger partial charge < -0.3 is 13.7 Å². The number of carbonyl (C=O) groups is 1. The second-order valence-electron chi connectivity index (χ2n) is 3.87. The van der Waals surface area contributed by atoms with Gasteiger partial charge in [-0.05, 0) is 25.2 Å². The van der Waals surface area contributed by atoms with E-state index in [0.29, 0.717) is 6.61 Å². The maximum absolute atomic E-state index is 11.3. The van der Waals surface area contributed by atoms with Crippen LogP contribution in [0.15, 0.2) is 24.0 Å².